The number of rotatable bonds is 3. The van der Waals surface area contributed by atoms with Crippen LogP contribution in [0.15, 0.2) is 35.3 Å². The molecule has 7 heteroatoms. The summed E-state index contributed by atoms with van der Waals surface area (Å²) in [6.45, 7) is 1.36. The van der Waals surface area contributed by atoms with Gasteiger partial charge in [-0.3, -0.25) is 9.59 Å². The molecule has 1 fully saturated rings. The molecule has 0 saturated carbocycles. The zero-order valence-electron chi connectivity index (χ0n) is 14.1. The molecule has 1 aliphatic heterocycles. The van der Waals surface area contributed by atoms with Gasteiger partial charge < -0.3 is 19.9 Å². The minimum absolute atomic E-state index is 0.0356. The molecule has 0 bridgehead atoms. The van der Waals surface area contributed by atoms with Crippen molar-refractivity contribution in [3.05, 3.63) is 46.2 Å². The van der Waals surface area contributed by atoms with Crippen molar-refractivity contribution in [2.24, 2.45) is 5.92 Å². The number of hydrogen-bond acceptors (Lipinski definition) is 4. The molecule has 1 saturated heterocycles. The first-order valence-corrected chi connectivity index (χ1v) is 8.29. The summed E-state index contributed by atoms with van der Waals surface area (Å²) in [4.78, 5) is 40.4. The van der Waals surface area contributed by atoms with Crippen LogP contribution in [0.3, 0.4) is 0 Å². The van der Waals surface area contributed by atoms with E-state index in [2.05, 4.69) is 10.3 Å². The van der Waals surface area contributed by atoms with Crippen LogP contribution in [0.4, 0.5) is 4.79 Å². The van der Waals surface area contributed by atoms with Crippen LogP contribution in [0.25, 0.3) is 10.9 Å². The summed E-state index contributed by atoms with van der Waals surface area (Å²) in [6.07, 6.45) is 3.13. The minimum Gasteiger partial charge on any atom is -0.469 e. The smallest absolute Gasteiger partial charge is 0.317 e. The number of urea groups is 1. The number of pyridine rings is 1. The Hall–Kier alpha value is -2.83. The predicted octanol–water partition coefficient (Wildman–Crippen LogP) is 1.62. The largest absolute Gasteiger partial charge is 0.469 e. The lowest BCUT2D eigenvalue weighted by Gasteiger charge is -2.31. The summed E-state index contributed by atoms with van der Waals surface area (Å²) in [5, 5.41) is 3.49. The fraction of sp³-hybridized carbons (Fsp3) is 0.389. The van der Waals surface area contributed by atoms with E-state index in [0.717, 1.165) is 23.9 Å². The van der Waals surface area contributed by atoms with Crippen molar-refractivity contribution < 1.29 is 14.3 Å². The van der Waals surface area contributed by atoms with Gasteiger partial charge in [-0.25, -0.2) is 4.79 Å². The van der Waals surface area contributed by atoms with E-state index in [1.165, 1.54) is 13.2 Å². The van der Waals surface area contributed by atoms with Crippen LogP contribution in [0.1, 0.15) is 18.4 Å². The summed E-state index contributed by atoms with van der Waals surface area (Å²) in [7, 11) is 1.37. The second kappa shape index (κ2) is 7.38. The SMILES string of the molecule is COC(=O)[C@@H]1CCCN(C(=O)NCc2ccc3c(=O)cc[nH]c3c2)C1. The normalized spacial score (nSPS) is 17.3. The molecule has 1 aromatic heterocycles. The molecule has 0 radical (unpaired) electrons. The Balaban J connectivity index is 1.62. The first-order valence-electron chi connectivity index (χ1n) is 8.29. The van der Waals surface area contributed by atoms with E-state index in [-0.39, 0.29) is 23.3 Å². The van der Waals surface area contributed by atoms with Gasteiger partial charge in [0.2, 0.25) is 0 Å². The number of nitrogens with one attached hydrogen (secondary N) is 2. The van der Waals surface area contributed by atoms with Crippen molar-refractivity contribution in [2.75, 3.05) is 20.2 Å². The maximum atomic E-state index is 12.4. The highest BCUT2D eigenvalue weighted by Gasteiger charge is 2.28. The number of hydrogen-bond donors (Lipinski definition) is 2. The van der Waals surface area contributed by atoms with Crippen LogP contribution in [-0.4, -0.2) is 42.1 Å². The van der Waals surface area contributed by atoms with Gasteiger partial charge in [-0.05, 0) is 30.5 Å². The first-order chi connectivity index (χ1) is 12.1. The Labute approximate surface area is 145 Å². The molecule has 1 aromatic carbocycles. The molecule has 25 heavy (non-hydrogen) atoms. The van der Waals surface area contributed by atoms with E-state index in [1.54, 1.807) is 17.2 Å². The Morgan fingerprint density at radius 2 is 2.20 bits per heavy atom. The Bertz CT molecular complexity index is 846. The van der Waals surface area contributed by atoms with Gasteiger partial charge in [0.25, 0.3) is 0 Å². The van der Waals surface area contributed by atoms with Gasteiger partial charge in [0, 0.05) is 42.8 Å². The zero-order valence-corrected chi connectivity index (χ0v) is 14.1. The second-order valence-electron chi connectivity index (χ2n) is 6.19. The van der Waals surface area contributed by atoms with Crippen LogP contribution in [0.2, 0.25) is 0 Å². The number of likely N-dealkylation sites (tertiary alicyclic amines) is 1. The fourth-order valence-corrected chi connectivity index (χ4v) is 3.14. The van der Waals surface area contributed by atoms with Gasteiger partial charge in [-0.1, -0.05) is 6.07 Å². The number of H-pyrrole nitrogens is 1. The van der Waals surface area contributed by atoms with Crippen LogP contribution in [0, 0.1) is 5.92 Å². The zero-order chi connectivity index (χ0) is 17.8. The third kappa shape index (κ3) is 3.81. The van der Waals surface area contributed by atoms with E-state index >= 15 is 0 Å². The monoisotopic (exact) mass is 343 g/mol. The summed E-state index contributed by atoms with van der Waals surface area (Å²) in [6, 6.07) is 6.72. The molecule has 3 rings (SSSR count). The molecule has 1 atom stereocenters. The highest BCUT2D eigenvalue weighted by atomic mass is 16.5. The molecule has 0 spiro atoms. The van der Waals surface area contributed by atoms with E-state index in [1.807, 2.05) is 12.1 Å². The number of aromatic amines is 1. The van der Waals surface area contributed by atoms with Gasteiger partial charge >= 0.3 is 12.0 Å². The van der Waals surface area contributed by atoms with E-state index < -0.39 is 0 Å². The first kappa shape index (κ1) is 17.0. The van der Waals surface area contributed by atoms with Crippen LogP contribution in [0.5, 0.6) is 0 Å². The number of aromatic nitrogens is 1. The Morgan fingerprint density at radius 1 is 1.36 bits per heavy atom. The maximum Gasteiger partial charge on any atom is 0.317 e. The lowest BCUT2D eigenvalue weighted by molar-refractivity contribution is -0.146. The number of amides is 2. The van der Waals surface area contributed by atoms with Crippen molar-refractivity contribution in [3.63, 3.8) is 0 Å². The molecular weight excluding hydrogens is 322 g/mol. The van der Waals surface area contributed by atoms with Crippen molar-refractivity contribution in [2.45, 2.75) is 19.4 Å². The summed E-state index contributed by atoms with van der Waals surface area (Å²) < 4.78 is 4.77. The third-order valence-electron chi connectivity index (χ3n) is 4.51. The number of carbonyl (C=O) groups is 2. The molecule has 132 valence electrons. The maximum absolute atomic E-state index is 12.4. The number of nitrogens with zero attached hydrogens (tertiary/aromatic N) is 1. The summed E-state index contributed by atoms with van der Waals surface area (Å²) >= 11 is 0. The molecule has 2 amide bonds. The Morgan fingerprint density at radius 3 is 3.00 bits per heavy atom. The van der Waals surface area contributed by atoms with Gasteiger partial charge in [0.05, 0.1) is 13.0 Å². The van der Waals surface area contributed by atoms with Crippen molar-refractivity contribution in [3.8, 4) is 0 Å². The molecule has 2 aromatic rings. The van der Waals surface area contributed by atoms with Crippen LogP contribution < -0.4 is 10.7 Å². The molecule has 1 aliphatic rings. The number of ether oxygens (including phenoxy) is 1. The second-order valence-corrected chi connectivity index (χ2v) is 6.19. The van der Waals surface area contributed by atoms with Crippen LogP contribution >= 0.6 is 0 Å². The minimum atomic E-state index is -0.268. The molecule has 0 unspecified atom stereocenters. The predicted molar refractivity (Wildman–Crippen MR) is 93.1 cm³/mol. The third-order valence-corrected chi connectivity index (χ3v) is 4.51. The highest BCUT2D eigenvalue weighted by molar-refractivity contribution is 5.79. The average Bonchev–Trinajstić information content (AvgIpc) is 2.65. The molecule has 0 aliphatic carbocycles. The molecule has 2 N–H and O–H groups in total. The van der Waals surface area contributed by atoms with Crippen molar-refractivity contribution in [1.82, 2.24) is 15.2 Å². The fourth-order valence-electron chi connectivity index (χ4n) is 3.14. The van der Waals surface area contributed by atoms with E-state index in [0.29, 0.717) is 25.0 Å². The summed E-state index contributed by atoms with van der Waals surface area (Å²) in [5.74, 6) is -0.522. The van der Waals surface area contributed by atoms with Crippen molar-refractivity contribution in [1.29, 1.82) is 0 Å². The van der Waals surface area contributed by atoms with Gasteiger partial charge in [-0.15, -0.1) is 0 Å². The Kier molecular flexibility index (Phi) is 5.02. The molecule has 2 heterocycles. The van der Waals surface area contributed by atoms with Crippen LogP contribution in [-0.2, 0) is 16.1 Å². The standard InChI is InChI=1S/C18H21N3O4/c1-25-17(23)13-3-2-8-21(11-13)18(24)20-10-12-4-5-14-15(9-12)19-7-6-16(14)22/h4-7,9,13H,2-3,8,10-11H2,1H3,(H,19,22)(H,20,24)/t13-/m1/s1. The van der Waals surface area contributed by atoms with Gasteiger partial charge in [-0.2, -0.15) is 0 Å². The summed E-state index contributed by atoms with van der Waals surface area (Å²) in [5.41, 5.74) is 1.60. The number of esters is 1. The van der Waals surface area contributed by atoms with Gasteiger partial charge in [0.15, 0.2) is 5.43 Å². The lowest BCUT2D eigenvalue weighted by Crippen LogP contribution is -2.47. The van der Waals surface area contributed by atoms with Crippen molar-refractivity contribution >= 4 is 22.9 Å². The molecular formula is C18H21N3O4. The number of fused-ring (bicyclic) bond motifs is 1. The highest BCUT2D eigenvalue weighted by Crippen LogP contribution is 2.18. The molecule has 7 nitrogen and oxygen atoms in total. The lowest BCUT2D eigenvalue weighted by atomic mass is 9.98. The topological polar surface area (TPSA) is 91.5 Å². The number of piperidine rings is 1. The van der Waals surface area contributed by atoms with E-state index in [4.69, 9.17) is 4.74 Å². The number of carbonyl (C=O) groups excluding carboxylic acids is 2. The number of methoxy groups -OCH3 is 1. The number of benzene rings is 1. The van der Waals surface area contributed by atoms with E-state index in [9.17, 15) is 14.4 Å². The quantitative estimate of drug-likeness (QED) is 0.829. The average molecular weight is 343 g/mol. The van der Waals surface area contributed by atoms with Gasteiger partial charge in [0.1, 0.15) is 0 Å².